The minimum atomic E-state index is 0.562. The molecule has 0 unspecified atom stereocenters. The van der Waals surface area contributed by atoms with Gasteiger partial charge in [0.1, 0.15) is 12.4 Å². The average Bonchev–Trinajstić information content (AvgIpc) is 2.58. The molecular weight excluding hydrogens is 208 g/mol. The molecule has 0 saturated heterocycles. The van der Waals surface area contributed by atoms with Crippen LogP contribution in [0, 0.1) is 12.3 Å². The molecule has 0 amide bonds. The van der Waals surface area contributed by atoms with Crippen LogP contribution < -0.4 is 5.73 Å². The van der Waals surface area contributed by atoms with Crippen molar-refractivity contribution in [3.05, 3.63) is 25.0 Å². The Balaban J connectivity index is 2.62. The van der Waals surface area contributed by atoms with Crippen molar-refractivity contribution in [2.24, 2.45) is 0 Å². The highest BCUT2D eigenvalue weighted by atomic mass is 32.2. The van der Waals surface area contributed by atoms with E-state index in [0.29, 0.717) is 18.9 Å². The first-order chi connectivity index (χ1) is 7.29. The van der Waals surface area contributed by atoms with Gasteiger partial charge in [-0.2, -0.15) is 0 Å². The Labute approximate surface area is 94.3 Å². The zero-order valence-corrected chi connectivity index (χ0v) is 9.30. The van der Waals surface area contributed by atoms with Crippen LogP contribution in [-0.4, -0.2) is 16.9 Å². The Morgan fingerprint density at radius 2 is 2.47 bits per heavy atom. The van der Waals surface area contributed by atoms with Crippen molar-refractivity contribution in [3.8, 4) is 12.3 Å². The summed E-state index contributed by atoms with van der Waals surface area (Å²) in [5, 5.41) is 1.07. The van der Waals surface area contributed by atoms with E-state index in [2.05, 4.69) is 12.5 Å². The standard InChI is InChI=1S/C11H14N2OS/c1-3-9-15-11-6-5-10(12)13(11)7-8-14-4-2/h1,4-6H,2,7-9,12H2. The molecule has 4 heteroatoms. The molecule has 3 nitrogen and oxygen atoms in total. The van der Waals surface area contributed by atoms with Crippen LogP contribution in [0.4, 0.5) is 5.82 Å². The molecule has 0 spiro atoms. The van der Waals surface area contributed by atoms with Crippen LogP contribution in [0.5, 0.6) is 0 Å². The number of nitrogen functional groups attached to an aromatic ring is 1. The van der Waals surface area contributed by atoms with Crippen LogP contribution in [-0.2, 0) is 11.3 Å². The van der Waals surface area contributed by atoms with E-state index in [1.54, 1.807) is 11.8 Å². The van der Waals surface area contributed by atoms with Gasteiger partial charge in [0.05, 0.1) is 23.6 Å². The lowest BCUT2D eigenvalue weighted by molar-refractivity contribution is 0.234. The van der Waals surface area contributed by atoms with E-state index in [1.165, 1.54) is 6.26 Å². The van der Waals surface area contributed by atoms with Crippen molar-refractivity contribution in [3.63, 3.8) is 0 Å². The van der Waals surface area contributed by atoms with Gasteiger partial charge in [-0.1, -0.05) is 24.3 Å². The van der Waals surface area contributed by atoms with Gasteiger partial charge in [-0.15, -0.1) is 6.42 Å². The van der Waals surface area contributed by atoms with Crippen molar-refractivity contribution >= 4 is 17.6 Å². The number of nitrogens with zero attached hydrogens (tertiary/aromatic N) is 1. The maximum atomic E-state index is 5.81. The zero-order chi connectivity index (χ0) is 11.1. The molecule has 0 aliphatic carbocycles. The van der Waals surface area contributed by atoms with Crippen LogP contribution in [0.1, 0.15) is 0 Å². The largest absolute Gasteiger partial charge is 0.500 e. The van der Waals surface area contributed by atoms with E-state index in [-0.39, 0.29) is 0 Å². The van der Waals surface area contributed by atoms with E-state index in [0.717, 1.165) is 10.8 Å². The fourth-order valence-electron chi connectivity index (χ4n) is 1.17. The Morgan fingerprint density at radius 1 is 1.67 bits per heavy atom. The number of ether oxygens (including phenoxy) is 1. The first-order valence-electron chi connectivity index (χ1n) is 4.53. The highest BCUT2D eigenvalue weighted by Crippen LogP contribution is 2.22. The van der Waals surface area contributed by atoms with Gasteiger partial charge >= 0.3 is 0 Å². The molecule has 0 radical (unpaired) electrons. The zero-order valence-electron chi connectivity index (χ0n) is 8.48. The molecule has 15 heavy (non-hydrogen) atoms. The second-order valence-electron chi connectivity index (χ2n) is 2.78. The van der Waals surface area contributed by atoms with Crippen molar-refractivity contribution < 1.29 is 4.74 Å². The smallest absolute Gasteiger partial charge is 0.105 e. The Bertz CT molecular complexity index is 365. The molecule has 0 atom stereocenters. The number of terminal acetylenes is 1. The van der Waals surface area contributed by atoms with Crippen molar-refractivity contribution in [1.29, 1.82) is 0 Å². The van der Waals surface area contributed by atoms with E-state index in [1.807, 2.05) is 16.7 Å². The van der Waals surface area contributed by atoms with Crippen LogP contribution in [0.3, 0.4) is 0 Å². The topological polar surface area (TPSA) is 40.2 Å². The highest BCUT2D eigenvalue weighted by molar-refractivity contribution is 7.99. The van der Waals surface area contributed by atoms with Gasteiger partial charge in [-0.25, -0.2) is 0 Å². The van der Waals surface area contributed by atoms with Gasteiger partial charge in [-0.05, 0) is 12.1 Å². The molecule has 80 valence electrons. The molecule has 0 saturated carbocycles. The summed E-state index contributed by atoms with van der Waals surface area (Å²) in [4.78, 5) is 0. The molecular formula is C11H14N2OS. The number of rotatable bonds is 6. The third-order valence-corrected chi connectivity index (χ3v) is 2.79. The third-order valence-electron chi connectivity index (χ3n) is 1.83. The van der Waals surface area contributed by atoms with Crippen LogP contribution in [0.15, 0.2) is 30.0 Å². The summed E-state index contributed by atoms with van der Waals surface area (Å²) < 4.78 is 7.04. The van der Waals surface area contributed by atoms with Crippen molar-refractivity contribution in [2.75, 3.05) is 18.1 Å². The fourth-order valence-corrected chi connectivity index (χ4v) is 1.92. The minimum absolute atomic E-state index is 0.562. The molecule has 1 rings (SSSR count). The molecule has 1 aromatic heterocycles. The Morgan fingerprint density at radius 3 is 3.13 bits per heavy atom. The summed E-state index contributed by atoms with van der Waals surface area (Å²) in [5.74, 6) is 3.95. The molecule has 2 N–H and O–H groups in total. The van der Waals surface area contributed by atoms with E-state index in [9.17, 15) is 0 Å². The lowest BCUT2D eigenvalue weighted by Gasteiger charge is -2.09. The Hall–Kier alpha value is -1.47. The predicted molar refractivity (Wildman–Crippen MR) is 64.6 cm³/mol. The summed E-state index contributed by atoms with van der Waals surface area (Å²) in [7, 11) is 0. The number of hydrogen-bond donors (Lipinski definition) is 1. The molecule has 0 aliphatic rings. The summed E-state index contributed by atoms with van der Waals surface area (Å²) in [6.45, 7) is 4.75. The Kier molecular flexibility index (Phi) is 4.72. The third kappa shape index (κ3) is 3.30. The van der Waals surface area contributed by atoms with Crippen LogP contribution >= 0.6 is 11.8 Å². The van der Waals surface area contributed by atoms with Gasteiger partial charge in [0.2, 0.25) is 0 Å². The van der Waals surface area contributed by atoms with E-state index in [4.69, 9.17) is 16.9 Å². The lowest BCUT2D eigenvalue weighted by Crippen LogP contribution is -2.08. The number of thioether (sulfide) groups is 1. The quantitative estimate of drug-likeness (QED) is 0.346. The van der Waals surface area contributed by atoms with Gasteiger partial charge in [0.25, 0.3) is 0 Å². The molecule has 0 aromatic carbocycles. The number of aromatic nitrogens is 1. The maximum absolute atomic E-state index is 5.81. The van der Waals surface area contributed by atoms with Gasteiger partial charge in [0.15, 0.2) is 0 Å². The highest BCUT2D eigenvalue weighted by Gasteiger charge is 2.05. The number of nitrogens with two attached hydrogens (primary N) is 1. The van der Waals surface area contributed by atoms with Crippen molar-refractivity contribution in [1.82, 2.24) is 4.57 Å². The second kappa shape index (κ2) is 6.10. The molecule has 0 fully saturated rings. The fraction of sp³-hybridized carbons (Fsp3) is 0.273. The number of hydrogen-bond acceptors (Lipinski definition) is 3. The monoisotopic (exact) mass is 222 g/mol. The second-order valence-corrected chi connectivity index (χ2v) is 3.77. The molecule has 0 aliphatic heterocycles. The summed E-state index contributed by atoms with van der Waals surface area (Å²) in [5.41, 5.74) is 5.81. The number of anilines is 1. The van der Waals surface area contributed by atoms with E-state index >= 15 is 0 Å². The average molecular weight is 222 g/mol. The van der Waals surface area contributed by atoms with Crippen LogP contribution in [0.2, 0.25) is 0 Å². The molecule has 1 heterocycles. The minimum Gasteiger partial charge on any atom is -0.500 e. The maximum Gasteiger partial charge on any atom is 0.105 e. The van der Waals surface area contributed by atoms with Crippen LogP contribution in [0.25, 0.3) is 0 Å². The summed E-state index contributed by atoms with van der Waals surface area (Å²) in [6.07, 6.45) is 6.63. The predicted octanol–water partition coefficient (Wildman–Crippen LogP) is 1.96. The van der Waals surface area contributed by atoms with Crippen molar-refractivity contribution in [2.45, 2.75) is 11.6 Å². The first kappa shape index (κ1) is 11.6. The lowest BCUT2D eigenvalue weighted by atomic mass is 10.6. The summed E-state index contributed by atoms with van der Waals surface area (Å²) in [6, 6.07) is 3.83. The van der Waals surface area contributed by atoms with Gasteiger partial charge in [0, 0.05) is 0 Å². The molecule has 1 aromatic rings. The van der Waals surface area contributed by atoms with Gasteiger partial charge < -0.3 is 15.0 Å². The normalized spacial score (nSPS) is 9.53. The first-order valence-corrected chi connectivity index (χ1v) is 5.52. The molecule has 0 bridgehead atoms. The summed E-state index contributed by atoms with van der Waals surface area (Å²) >= 11 is 1.59. The SMILES string of the molecule is C#CCSc1ccc(N)n1CCOC=C. The van der Waals surface area contributed by atoms with E-state index < -0.39 is 0 Å². The van der Waals surface area contributed by atoms with Gasteiger partial charge in [-0.3, -0.25) is 0 Å².